The number of amides is 1. The molecule has 1 amide bonds. The first-order valence-electron chi connectivity index (χ1n) is 8.32. The third kappa shape index (κ3) is 3.82. The molecule has 1 aromatic heterocycles. The Bertz CT molecular complexity index is 678. The monoisotopic (exact) mass is 326 g/mol. The maximum atomic E-state index is 12.7. The number of nitrogens with one attached hydrogen (secondary N) is 1. The van der Waals surface area contributed by atoms with Crippen molar-refractivity contribution in [3.8, 4) is 5.75 Å². The average Bonchev–Trinajstić information content (AvgIpc) is 2.64. The summed E-state index contributed by atoms with van der Waals surface area (Å²) in [5, 5.41) is 3.01. The van der Waals surface area contributed by atoms with E-state index in [9.17, 15) is 4.79 Å². The Labute approximate surface area is 141 Å². The van der Waals surface area contributed by atoms with Gasteiger partial charge in [0.05, 0.1) is 18.2 Å². The molecule has 24 heavy (non-hydrogen) atoms. The summed E-state index contributed by atoms with van der Waals surface area (Å²) in [6.45, 7) is 4.00. The van der Waals surface area contributed by atoms with Crippen LogP contribution >= 0.6 is 0 Å². The normalized spacial score (nSPS) is 17.4. The molecular formula is C18H22N4O2. The van der Waals surface area contributed by atoms with E-state index >= 15 is 0 Å². The van der Waals surface area contributed by atoms with Gasteiger partial charge in [-0.1, -0.05) is 12.1 Å². The molecule has 0 saturated carbocycles. The van der Waals surface area contributed by atoms with E-state index in [0.717, 1.165) is 25.1 Å². The standard InChI is InChI=1S/C18H22N4O2/c1-2-24-16-9-4-3-8-15(16)21-17(23)14-7-5-12-22(13-14)18-19-10-6-11-20-18/h3-4,6,8-11,14H,2,5,7,12-13H2,1H3,(H,21,23)/t14-/m1/s1. The Morgan fingerprint density at radius 3 is 2.88 bits per heavy atom. The van der Waals surface area contributed by atoms with Crippen molar-refractivity contribution < 1.29 is 9.53 Å². The van der Waals surface area contributed by atoms with Crippen molar-refractivity contribution in [3.05, 3.63) is 42.7 Å². The lowest BCUT2D eigenvalue weighted by molar-refractivity contribution is -0.120. The van der Waals surface area contributed by atoms with Gasteiger partial charge in [0.1, 0.15) is 5.75 Å². The summed E-state index contributed by atoms with van der Waals surface area (Å²) < 4.78 is 5.57. The van der Waals surface area contributed by atoms with Crippen molar-refractivity contribution in [2.45, 2.75) is 19.8 Å². The van der Waals surface area contributed by atoms with E-state index in [0.29, 0.717) is 24.8 Å². The summed E-state index contributed by atoms with van der Waals surface area (Å²) in [7, 11) is 0. The number of hydrogen-bond donors (Lipinski definition) is 1. The maximum Gasteiger partial charge on any atom is 0.229 e. The van der Waals surface area contributed by atoms with Crippen LogP contribution in [0.25, 0.3) is 0 Å². The van der Waals surface area contributed by atoms with Crippen LogP contribution in [-0.4, -0.2) is 35.6 Å². The summed E-state index contributed by atoms with van der Waals surface area (Å²) in [4.78, 5) is 23.3. The molecule has 3 rings (SSSR count). The highest BCUT2D eigenvalue weighted by atomic mass is 16.5. The van der Waals surface area contributed by atoms with Crippen LogP contribution in [0.3, 0.4) is 0 Å². The van der Waals surface area contributed by atoms with Crippen LogP contribution in [0, 0.1) is 5.92 Å². The smallest absolute Gasteiger partial charge is 0.229 e. The van der Waals surface area contributed by atoms with Crippen molar-refractivity contribution in [1.82, 2.24) is 9.97 Å². The number of para-hydroxylation sites is 2. The van der Waals surface area contributed by atoms with Gasteiger partial charge in [-0.3, -0.25) is 4.79 Å². The van der Waals surface area contributed by atoms with E-state index < -0.39 is 0 Å². The first-order valence-corrected chi connectivity index (χ1v) is 8.32. The SMILES string of the molecule is CCOc1ccccc1NC(=O)[C@@H]1CCCN(c2ncccn2)C1. The first kappa shape index (κ1) is 16.2. The highest BCUT2D eigenvalue weighted by molar-refractivity contribution is 5.94. The number of ether oxygens (including phenoxy) is 1. The third-order valence-electron chi connectivity index (χ3n) is 4.07. The number of anilines is 2. The lowest BCUT2D eigenvalue weighted by Crippen LogP contribution is -2.41. The topological polar surface area (TPSA) is 67.3 Å². The molecule has 1 saturated heterocycles. The van der Waals surface area contributed by atoms with Gasteiger partial charge in [-0.2, -0.15) is 0 Å². The molecule has 126 valence electrons. The Morgan fingerprint density at radius 2 is 2.08 bits per heavy atom. The van der Waals surface area contributed by atoms with E-state index in [1.54, 1.807) is 18.5 Å². The van der Waals surface area contributed by atoms with Gasteiger partial charge >= 0.3 is 0 Å². The Hall–Kier alpha value is -2.63. The predicted octanol–water partition coefficient (Wildman–Crippen LogP) is 2.73. The van der Waals surface area contributed by atoms with Crippen LogP contribution in [0.15, 0.2) is 42.7 Å². The highest BCUT2D eigenvalue weighted by Crippen LogP contribution is 2.26. The zero-order valence-corrected chi connectivity index (χ0v) is 13.8. The molecule has 6 heteroatoms. The molecular weight excluding hydrogens is 304 g/mol. The molecule has 2 aromatic rings. The second-order valence-electron chi connectivity index (χ2n) is 5.75. The van der Waals surface area contributed by atoms with Gasteiger partial charge in [0.25, 0.3) is 0 Å². The van der Waals surface area contributed by atoms with E-state index in [-0.39, 0.29) is 11.8 Å². The van der Waals surface area contributed by atoms with Gasteiger partial charge in [-0.15, -0.1) is 0 Å². The summed E-state index contributed by atoms with van der Waals surface area (Å²) in [5.41, 5.74) is 0.720. The fourth-order valence-corrected chi connectivity index (χ4v) is 2.91. The molecule has 1 atom stereocenters. The number of benzene rings is 1. The summed E-state index contributed by atoms with van der Waals surface area (Å²) in [6, 6.07) is 9.31. The molecule has 1 N–H and O–H groups in total. The van der Waals surface area contributed by atoms with Crippen molar-refractivity contribution in [3.63, 3.8) is 0 Å². The van der Waals surface area contributed by atoms with Crippen LogP contribution in [0.4, 0.5) is 11.6 Å². The number of rotatable bonds is 5. The minimum absolute atomic E-state index is 0.0165. The largest absolute Gasteiger partial charge is 0.492 e. The molecule has 0 unspecified atom stereocenters. The number of aromatic nitrogens is 2. The van der Waals surface area contributed by atoms with E-state index in [4.69, 9.17) is 4.74 Å². The fraction of sp³-hybridized carbons (Fsp3) is 0.389. The Balaban J connectivity index is 1.67. The predicted molar refractivity (Wildman–Crippen MR) is 93.2 cm³/mol. The maximum absolute atomic E-state index is 12.7. The van der Waals surface area contributed by atoms with Gasteiger partial charge in [0.15, 0.2) is 0 Å². The molecule has 1 aliphatic rings. The lowest BCUT2D eigenvalue weighted by Gasteiger charge is -2.32. The molecule has 0 bridgehead atoms. The van der Waals surface area contributed by atoms with Crippen LogP contribution < -0.4 is 15.0 Å². The first-order chi connectivity index (χ1) is 11.8. The van der Waals surface area contributed by atoms with E-state index in [2.05, 4.69) is 20.2 Å². The van der Waals surface area contributed by atoms with Gasteiger partial charge < -0.3 is 15.0 Å². The minimum Gasteiger partial charge on any atom is -0.492 e. The van der Waals surface area contributed by atoms with Crippen LogP contribution in [0.1, 0.15) is 19.8 Å². The van der Waals surface area contributed by atoms with Crippen LogP contribution in [0.2, 0.25) is 0 Å². The van der Waals surface area contributed by atoms with Crippen molar-refractivity contribution in [1.29, 1.82) is 0 Å². The number of carbonyl (C=O) groups is 1. The number of nitrogens with zero attached hydrogens (tertiary/aromatic N) is 3. The summed E-state index contributed by atoms with van der Waals surface area (Å²) >= 11 is 0. The van der Waals surface area contributed by atoms with Crippen molar-refractivity contribution >= 4 is 17.5 Å². The zero-order chi connectivity index (χ0) is 16.8. The number of hydrogen-bond acceptors (Lipinski definition) is 5. The molecule has 0 radical (unpaired) electrons. The third-order valence-corrected chi connectivity index (χ3v) is 4.07. The van der Waals surface area contributed by atoms with Gasteiger partial charge in [-0.05, 0) is 38.0 Å². The number of carbonyl (C=O) groups excluding carboxylic acids is 1. The molecule has 1 aliphatic heterocycles. The van der Waals surface area contributed by atoms with E-state index in [1.165, 1.54) is 0 Å². The van der Waals surface area contributed by atoms with Gasteiger partial charge in [0, 0.05) is 25.5 Å². The van der Waals surface area contributed by atoms with Crippen molar-refractivity contribution in [2.24, 2.45) is 5.92 Å². The molecule has 1 aromatic carbocycles. The molecule has 0 aliphatic carbocycles. The van der Waals surface area contributed by atoms with E-state index in [1.807, 2.05) is 31.2 Å². The lowest BCUT2D eigenvalue weighted by atomic mass is 9.97. The van der Waals surface area contributed by atoms with Gasteiger partial charge in [-0.25, -0.2) is 9.97 Å². The second kappa shape index (κ2) is 7.77. The fourth-order valence-electron chi connectivity index (χ4n) is 2.91. The minimum atomic E-state index is -0.0859. The van der Waals surface area contributed by atoms with Crippen molar-refractivity contribution in [2.75, 3.05) is 29.9 Å². The molecule has 0 spiro atoms. The molecule has 1 fully saturated rings. The Kier molecular flexibility index (Phi) is 5.25. The molecule has 6 nitrogen and oxygen atoms in total. The van der Waals surface area contributed by atoms with Crippen LogP contribution in [0.5, 0.6) is 5.75 Å². The quantitative estimate of drug-likeness (QED) is 0.915. The second-order valence-corrected chi connectivity index (χ2v) is 5.75. The highest BCUT2D eigenvalue weighted by Gasteiger charge is 2.27. The summed E-state index contributed by atoms with van der Waals surface area (Å²) in [5.74, 6) is 1.32. The van der Waals surface area contributed by atoms with Gasteiger partial charge in [0.2, 0.25) is 11.9 Å². The van der Waals surface area contributed by atoms with Crippen LogP contribution in [-0.2, 0) is 4.79 Å². The zero-order valence-electron chi connectivity index (χ0n) is 13.8. The number of piperidine rings is 1. The Morgan fingerprint density at radius 1 is 1.29 bits per heavy atom. The average molecular weight is 326 g/mol. The molecule has 2 heterocycles. The summed E-state index contributed by atoms with van der Waals surface area (Å²) in [6.07, 6.45) is 5.27.